The van der Waals surface area contributed by atoms with Gasteiger partial charge in [-0.25, -0.2) is 18.1 Å². The largest absolute Gasteiger partial charge is 0.352 e. The Morgan fingerprint density at radius 1 is 1.38 bits per heavy atom. The van der Waals surface area contributed by atoms with Gasteiger partial charge in [-0.3, -0.25) is 4.79 Å². The summed E-state index contributed by atoms with van der Waals surface area (Å²) in [6.45, 7) is 3.80. The molecule has 7 nitrogen and oxygen atoms in total. The molecule has 1 aromatic rings. The van der Waals surface area contributed by atoms with E-state index in [9.17, 15) is 13.2 Å². The third-order valence-electron chi connectivity index (χ3n) is 4.24. The molecule has 1 N–H and O–H groups in total. The lowest BCUT2D eigenvalue weighted by Gasteiger charge is -2.37. The minimum Gasteiger partial charge on any atom is -0.352 e. The van der Waals surface area contributed by atoms with Crippen molar-refractivity contribution >= 4 is 45.1 Å². The Kier molecular flexibility index (Phi) is 8.00. The molecule has 0 radical (unpaired) electrons. The van der Waals surface area contributed by atoms with E-state index in [0.717, 1.165) is 0 Å². The van der Waals surface area contributed by atoms with Crippen LogP contribution in [0.4, 0.5) is 5.82 Å². The van der Waals surface area contributed by atoms with E-state index in [1.807, 2.05) is 11.2 Å². The zero-order valence-electron chi connectivity index (χ0n) is 15.0. The number of carbonyl (C=O) groups excluding carboxylic acids is 1. The van der Waals surface area contributed by atoms with E-state index in [1.54, 1.807) is 41.9 Å². The van der Waals surface area contributed by atoms with E-state index in [1.165, 1.54) is 0 Å². The molecule has 1 saturated heterocycles. The summed E-state index contributed by atoms with van der Waals surface area (Å²) in [6.07, 6.45) is 4.10. The molecule has 1 amide bonds. The Balaban J connectivity index is 2.01. The van der Waals surface area contributed by atoms with Crippen LogP contribution in [0.15, 0.2) is 18.3 Å². The zero-order chi connectivity index (χ0) is 19.2. The lowest BCUT2D eigenvalue weighted by atomic mass is 10.2. The highest BCUT2D eigenvalue weighted by atomic mass is 35.5. The van der Waals surface area contributed by atoms with Crippen LogP contribution in [0.1, 0.15) is 13.3 Å². The monoisotopic (exact) mass is 420 g/mol. The number of carbonyl (C=O) groups is 1. The maximum atomic E-state index is 12.8. The number of piperazine rings is 1. The maximum Gasteiger partial charge on any atom is 0.240 e. The van der Waals surface area contributed by atoms with Gasteiger partial charge in [0.05, 0.1) is 10.8 Å². The van der Waals surface area contributed by atoms with Crippen molar-refractivity contribution in [3.63, 3.8) is 0 Å². The van der Waals surface area contributed by atoms with Gasteiger partial charge in [-0.1, -0.05) is 11.6 Å². The number of aromatic nitrogens is 1. The molecule has 1 aliphatic heterocycles. The summed E-state index contributed by atoms with van der Waals surface area (Å²) in [5.74, 6) is 1.23. The fourth-order valence-corrected chi connectivity index (χ4v) is 4.27. The molecule has 1 aliphatic rings. The SMILES string of the molecule is CCS(=O)(=O)NC(CCSC)C(=O)N1CCN(c2ncccc2Cl)CC1. The summed E-state index contributed by atoms with van der Waals surface area (Å²) in [5, 5.41) is 0.584. The Morgan fingerprint density at radius 3 is 2.65 bits per heavy atom. The molecule has 0 saturated carbocycles. The molecule has 1 atom stereocenters. The number of nitrogens with zero attached hydrogens (tertiary/aromatic N) is 3. The van der Waals surface area contributed by atoms with Gasteiger partial charge < -0.3 is 9.80 Å². The highest BCUT2D eigenvalue weighted by molar-refractivity contribution is 7.98. The second-order valence-electron chi connectivity index (χ2n) is 5.98. The summed E-state index contributed by atoms with van der Waals surface area (Å²) in [7, 11) is -3.44. The number of sulfonamides is 1. The van der Waals surface area contributed by atoms with Gasteiger partial charge in [0.1, 0.15) is 11.9 Å². The van der Waals surface area contributed by atoms with Gasteiger partial charge in [-0.05, 0) is 37.5 Å². The molecular weight excluding hydrogens is 396 g/mol. The van der Waals surface area contributed by atoms with Gasteiger partial charge in [0, 0.05) is 32.4 Å². The first-order valence-electron chi connectivity index (χ1n) is 8.51. The van der Waals surface area contributed by atoms with Crippen LogP contribution in [-0.2, 0) is 14.8 Å². The molecule has 2 rings (SSSR count). The molecule has 1 unspecified atom stereocenters. The summed E-state index contributed by atoms with van der Waals surface area (Å²) in [4.78, 5) is 20.9. The van der Waals surface area contributed by atoms with Crippen LogP contribution in [0, 0.1) is 0 Å². The second-order valence-corrected chi connectivity index (χ2v) is 9.41. The van der Waals surface area contributed by atoms with Gasteiger partial charge in [-0.2, -0.15) is 11.8 Å². The van der Waals surface area contributed by atoms with Crippen molar-refractivity contribution in [1.29, 1.82) is 0 Å². The molecule has 0 aromatic carbocycles. The van der Waals surface area contributed by atoms with Gasteiger partial charge in [-0.15, -0.1) is 0 Å². The third kappa shape index (κ3) is 5.73. The van der Waals surface area contributed by atoms with E-state index in [0.29, 0.717) is 49.2 Å². The minimum absolute atomic E-state index is 0.0397. The summed E-state index contributed by atoms with van der Waals surface area (Å²) in [6, 6.07) is 2.86. The summed E-state index contributed by atoms with van der Waals surface area (Å²) in [5.41, 5.74) is 0. The predicted molar refractivity (Wildman–Crippen MR) is 107 cm³/mol. The molecule has 0 spiro atoms. The summed E-state index contributed by atoms with van der Waals surface area (Å²) >= 11 is 7.78. The molecule has 1 aromatic heterocycles. The lowest BCUT2D eigenvalue weighted by molar-refractivity contribution is -0.133. The van der Waals surface area contributed by atoms with Crippen LogP contribution in [0.2, 0.25) is 5.02 Å². The van der Waals surface area contributed by atoms with E-state index in [4.69, 9.17) is 11.6 Å². The van der Waals surface area contributed by atoms with Gasteiger partial charge in [0.15, 0.2) is 0 Å². The standard InChI is InChI=1S/C16H25ClN4O3S2/c1-3-26(23,24)19-14(6-12-25-2)16(22)21-10-8-20(9-11-21)15-13(17)5-4-7-18-15/h4-5,7,14,19H,3,6,8-12H2,1-2H3. The van der Waals surface area contributed by atoms with Crippen LogP contribution in [0.3, 0.4) is 0 Å². The normalized spacial score (nSPS) is 16.6. The number of hydrogen-bond donors (Lipinski definition) is 1. The predicted octanol–water partition coefficient (Wildman–Crippen LogP) is 1.44. The highest BCUT2D eigenvalue weighted by Gasteiger charge is 2.30. The number of thioether (sulfide) groups is 1. The van der Waals surface area contributed by atoms with Crippen molar-refractivity contribution in [2.45, 2.75) is 19.4 Å². The molecule has 2 heterocycles. The number of hydrogen-bond acceptors (Lipinski definition) is 6. The number of anilines is 1. The number of rotatable bonds is 8. The lowest BCUT2D eigenvalue weighted by Crippen LogP contribution is -2.55. The first-order chi connectivity index (χ1) is 12.4. The maximum absolute atomic E-state index is 12.8. The molecule has 10 heteroatoms. The number of nitrogens with one attached hydrogen (secondary N) is 1. The topological polar surface area (TPSA) is 82.6 Å². The molecule has 26 heavy (non-hydrogen) atoms. The summed E-state index contributed by atoms with van der Waals surface area (Å²) < 4.78 is 26.4. The molecule has 1 fully saturated rings. The van der Waals surface area contributed by atoms with Crippen molar-refractivity contribution in [2.24, 2.45) is 0 Å². The number of amides is 1. The third-order valence-corrected chi connectivity index (χ3v) is 6.58. The van der Waals surface area contributed by atoms with Crippen LogP contribution in [0.5, 0.6) is 0 Å². The average Bonchev–Trinajstić information content (AvgIpc) is 2.65. The molecular formula is C16H25ClN4O3S2. The first kappa shape index (κ1) is 21.3. The van der Waals surface area contributed by atoms with Crippen molar-refractivity contribution in [3.05, 3.63) is 23.4 Å². The molecule has 0 aliphatic carbocycles. The van der Waals surface area contributed by atoms with Gasteiger partial charge in [0.2, 0.25) is 15.9 Å². The fourth-order valence-electron chi connectivity index (χ4n) is 2.74. The van der Waals surface area contributed by atoms with Crippen LogP contribution in [-0.4, -0.2) is 74.2 Å². The van der Waals surface area contributed by atoms with E-state index in [-0.39, 0.29) is 11.7 Å². The van der Waals surface area contributed by atoms with Crippen molar-refractivity contribution in [3.8, 4) is 0 Å². The van der Waals surface area contributed by atoms with Gasteiger partial charge >= 0.3 is 0 Å². The fraction of sp³-hybridized carbons (Fsp3) is 0.625. The zero-order valence-corrected chi connectivity index (χ0v) is 17.4. The van der Waals surface area contributed by atoms with Gasteiger partial charge in [0.25, 0.3) is 0 Å². The van der Waals surface area contributed by atoms with Crippen LogP contribution >= 0.6 is 23.4 Å². The minimum atomic E-state index is -3.44. The van der Waals surface area contributed by atoms with Crippen molar-refractivity contribution in [1.82, 2.24) is 14.6 Å². The molecule has 0 bridgehead atoms. The van der Waals surface area contributed by atoms with E-state index in [2.05, 4.69) is 9.71 Å². The van der Waals surface area contributed by atoms with Crippen LogP contribution < -0.4 is 9.62 Å². The van der Waals surface area contributed by atoms with Crippen molar-refractivity contribution < 1.29 is 13.2 Å². The van der Waals surface area contributed by atoms with E-state index < -0.39 is 16.1 Å². The Labute approximate surface area is 164 Å². The Bertz CT molecular complexity index is 709. The second kappa shape index (κ2) is 9.77. The Morgan fingerprint density at radius 2 is 2.08 bits per heavy atom. The van der Waals surface area contributed by atoms with Crippen molar-refractivity contribution in [2.75, 3.05) is 48.8 Å². The number of pyridine rings is 1. The van der Waals surface area contributed by atoms with E-state index >= 15 is 0 Å². The quantitative estimate of drug-likeness (QED) is 0.685. The number of halogens is 1. The Hall–Kier alpha value is -1.03. The highest BCUT2D eigenvalue weighted by Crippen LogP contribution is 2.23. The average molecular weight is 421 g/mol. The molecule has 146 valence electrons. The van der Waals surface area contributed by atoms with Crippen LogP contribution in [0.25, 0.3) is 0 Å². The smallest absolute Gasteiger partial charge is 0.240 e. The first-order valence-corrected chi connectivity index (χ1v) is 11.9.